The fourth-order valence-corrected chi connectivity index (χ4v) is 1.61. The molecular weight excluding hydrogens is 254 g/mol. The number of halogens is 4. The summed E-state index contributed by atoms with van der Waals surface area (Å²) in [5.41, 5.74) is 0.336. The second kappa shape index (κ2) is 3.74. The monoisotopic (exact) mass is 256 g/mol. The number of hydrogen-bond donors (Lipinski definition) is 0. The van der Waals surface area contributed by atoms with Gasteiger partial charge in [0.25, 0.3) is 0 Å². The molecule has 0 aliphatic rings. The average molecular weight is 258 g/mol. The number of rotatable bonds is 1. The molecule has 0 aromatic heterocycles. The SMILES string of the molecule is Fc1c(Br)ccc(Cl)c1CCl. The molecule has 60 valence electrons. The van der Waals surface area contributed by atoms with Crippen molar-refractivity contribution in [1.82, 2.24) is 0 Å². The van der Waals surface area contributed by atoms with Gasteiger partial charge in [-0.15, -0.1) is 11.6 Å². The largest absolute Gasteiger partial charge is 0.205 e. The first-order valence-electron chi connectivity index (χ1n) is 2.85. The van der Waals surface area contributed by atoms with Crippen LogP contribution >= 0.6 is 39.1 Å². The van der Waals surface area contributed by atoms with Gasteiger partial charge in [-0.3, -0.25) is 0 Å². The van der Waals surface area contributed by atoms with Crippen LogP contribution in [0.5, 0.6) is 0 Å². The van der Waals surface area contributed by atoms with Crippen molar-refractivity contribution in [3.05, 3.63) is 33.0 Å². The molecule has 0 aliphatic carbocycles. The van der Waals surface area contributed by atoms with Crippen molar-refractivity contribution in [2.75, 3.05) is 0 Å². The Kier molecular flexibility index (Phi) is 3.16. The lowest BCUT2D eigenvalue weighted by molar-refractivity contribution is 0.610. The van der Waals surface area contributed by atoms with Gasteiger partial charge in [-0.05, 0) is 28.1 Å². The number of hydrogen-bond acceptors (Lipinski definition) is 0. The van der Waals surface area contributed by atoms with Crippen LogP contribution in [0.25, 0.3) is 0 Å². The third-order valence-electron chi connectivity index (χ3n) is 1.27. The molecule has 0 spiro atoms. The van der Waals surface area contributed by atoms with Crippen molar-refractivity contribution in [2.24, 2.45) is 0 Å². The highest BCUT2D eigenvalue weighted by molar-refractivity contribution is 9.10. The van der Waals surface area contributed by atoms with E-state index in [0.29, 0.717) is 15.1 Å². The molecule has 1 aromatic carbocycles. The van der Waals surface area contributed by atoms with Gasteiger partial charge in [-0.1, -0.05) is 11.6 Å². The summed E-state index contributed by atoms with van der Waals surface area (Å²) in [6.45, 7) is 0. The fourth-order valence-electron chi connectivity index (χ4n) is 0.692. The molecule has 0 amide bonds. The van der Waals surface area contributed by atoms with Crippen molar-refractivity contribution in [1.29, 1.82) is 0 Å². The highest BCUT2D eigenvalue weighted by atomic mass is 79.9. The first kappa shape index (κ1) is 9.30. The van der Waals surface area contributed by atoms with Crippen molar-refractivity contribution in [3.63, 3.8) is 0 Å². The zero-order valence-corrected chi connectivity index (χ0v) is 8.47. The van der Waals surface area contributed by atoms with Crippen LogP contribution < -0.4 is 0 Å². The molecule has 0 bridgehead atoms. The van der Waals surface area contributed by atoms with Gasteiger partial charge in [-0.2, -0.15) is 0 Å². The van der Waals surface area contributed by atoms with Crippen LogP contribution in [0.3, 0.4) is 0 Å². The van der Waals surface area contributed by atoms with E-state index in [1.807, 2.05) is 0 Å². The van der Waals surface area contributed by atoms with Crippen LogP contribution in [0.4, 0.5) is 4.39 Å². The Labute approximate surface area is 82.4 Å². The van der Waals surface area contributed by atoms with Gasteiger partial charge in [0, 0.05) is 10.6 Å². The van der Waals surface area contributed by atoms with E-state index in [1.54, 1.807) is 12.1 Å². The predicted molar refractivity (Wildman–Crippen MR) is 48.7 cm³/mol. The third-order valence-corrected chi connectivity index (χ3v) is 2.51. The lowest BCUT2D eigenvalue weighted by Crippen LogP contribution is -1.88. The van der Waals surface area contributed by atoms with Gasteiger partial charge in [0.05, 0.1) is 10.4 Å². The van der Waals surface area contributed by atoms with Crippen LogP contribution in [-0.2, 0) is 5.88 Å². The standard InChI is InChI=1S/C7H4BrCl2F/c8-5-1-2-6(10)4(3-9)7(5)11/h1-2H,3H2. The Hall–Kier alpha value is 0.210. The molecule has 1 rings (SSSR count). The molecule has 0 saturated heterocycles. The Morgan fingerprint density at radius 2 is 2.09 bits per heavy atom. The third kappa shape index (κ3) is 1.86. The predicted octanol–water partition coefficient (Wildman–Crippen LogP) is 3.98. The molecule has 4 heteroatoms. The van der Waals surface area contributed by atoms with Crippen molar-refractivity contribution in [3.8, 4) is 0 Å². The second-order valence-electron chi connectivity index (χ2n) is 1.96. The van der Waals surface area contributed by atoms with E-state index in [0.717, 1.165) is 0 Å². The van der Waals surface area contributed by atoms with Gasteiger partial charge >= 0.3 is 0 Å². The maximum atomic E-state index is 13.0. The Morgan fingerprint density at radius 1 is 1.45 bits per heavy atom. The van der Waals surface area contributed by atoms with Crippen molar-refractivity contribution in [2.45, 2.75) is 5.88 Å². The summed E-state index contributed by atoms with van der Waals surface area (Å²) in [7, 11) is 0. The Morgan fingerprint density at radius 3 is 2.55 bits per heavy atom. The molecule has 0 saturated carbocycles. The molecule has 0 nitrogen and oxygen atoms in total. The van der Waals surface area contributed by atoms with Crippen LogP contribution in [0.1, 0.15) is 5.56 Å². The summed E-state index contributed by atoms with van der Waals surface area (Å²) in [6.07, 6.45) is 0. The van der Waals surface area contributed by atoms with E-state index in [2.05, 4.69) is 15.9 Å². The van der Waals surface area contributed by atoms with Gasteiger partial charge in [0.1, 0.15) is 5.82 Å². The van der Waals surface area contributed by atoms with Crippen molar-refractivity contribution < 1.29 is 4.39 Å². The lowest BCUT2D eigenvalue weighted by atomic mass is 10.2. The molecular formula is C7H4BrCl2F. The summed E-state index contributed by atoms with van der Waals surface area (Å²) in [6, 6.07) is 3.15. The molecule has 0 radical (unpaired) electrons. The highest BCUT2D eigenvalue weighted by Crippen LogP contribution is 2.26. The van der Waals surface area contributed by atoms with Crippen LogP contribution in [0.15, 0.2) is 16.6 Å². The quantitative estimate of drug-likeness (QED) is 0.527. The zero-order valence-electron chi connectivity index (χ0n) is 5.37. The normalized spacial score (nSPS) is 10.2. The summed E-state index contributed by atoms with van der Waals surface area (Å²) in [4.78, 5) is 0. The zero-order chi connectivity index (χ0) is 8.43. The first-order chi connectivity index (χ1) is 5.16. The topological polar surface area (TPSA) is 0 Å². The Balaban J connectivity index is 3.29. The molecule has 0 heterocycles. The van der Waals surface area contributed by atoms with Crippen LogP contribution in [0, 0.1) is 5.82 Å². The van der Waals surface area contributed by atoms with Crippen molar-refractivity contribution >= 4 is 39.1 Å². The van der Waals surface area contributed by atoms with Gasteiger partial charge in [0.15, 0.2) is 0 Å². The van der Waals surface area contributed by atoms with E-state index in [4.69, 9.17) is 23.2 Å². The maximum Gasteiger partial charge on any atom is 0.143 e. The molecule has 1 aromatic rings. The number of benzene rings is 1. The molecule has 0 atom stereocenters. The lowest BCUT2D eigenvalue weighted by Gasteiger charge is -2.02. The van der Waals surface area contributed by atoms with Crippen LogP contribution in [-0.4, -0.2) is 0 Å². The van der Waals surface area contributed by atoms with Crippen LogP contribution in [0.2, 0.25) is 5.02 Å². The molecule has 0 fully saturated rings. The summed E-state index contributed by atoms with van der Waals surface area (Å²) in [5.74, 6) is -0.295. The van der Waals surface area contributed by atoms with Gasteiger partial charge < -0.3 is 0 Å². The summed E-state index contributed by atoms with van der Waals surface area (Å²) >= 11 is 14.1. The summed E-state index contributed by atoms with van der Waals surface area (Å²) in [5, 5.41) is 0.362. The molecule has 0 unspecified atom stereocenters. The number of alkyl halides is 1. The minimum Gasteiger partial charge on any atom is -0.205 e. The molecule has 11 heavy (non-hydrogen) atoms. The highest BCUT2D eigenvalue weighted by Gasteiger charge is 2.08. The molecule has 0 aliphatic heterocycles. The van der Waals surface area contributed by atoms with E-state index in [9.17, 15) is 4.39 Å². The van der Waals surface area contributed by atoms with E-state index >= 15 is 0 Å². The second-order valence-corrected chi connectivity index (χ2v) is 3.48. The summed E-state index contributed by atoms with van der Waals surface area (Å²) < 4.78 is 13.4. The van der Waals surface area contributed by atoms with E-state index in [-0.39, 0.29) is 11.7 Å². The minimum atomic E-state index is -0.382. The Bertz CT molecular complexity index is 275. The van der Waals surface area contributed by atoms with Gasteiger partial charge in [0.2, 0.25) is 0 Å². The fraction of sp³-hybridized carbons (Fsp3) is 0.143. The van der Waals surface area contributed by atoms with E-state index < -0.39 is 0 Å². The van der Waals surface area contributed by atoms with E-state index in [1.165, 1.54) is 0 Å². The smallest absolute Gasteiger partial charge is 0.143 e. The average Bonchev–Trinajstić information content (AvgIpc) is 1.99. The minimum absolute atomic E-state index is 0.0874. The molecule has 0 N–H and O–H groups in total. The first-order valence-corrected chi connectivity index (χ1v) is 4.55. The van der Waals surface area contributed by atoms with Gasteiger partial charge in [-0.25, -0.2) is 4.39 Å². The maximum absolute atomic E-state index is 13.0.